The molecule has 0 N–H and O–H groups in total. The number of nitrogens with zero attached hydrogens (tertiary/aromatic N) is 3. The Morgan fingerprint density at radius 3 is 2.54 bits per heavy atom. The van der Waals surface area contributed by atoms with Crippen LogP contribution in [0.3, 0.4) is 0 Å². The number of aliphatic imine (C=N–C) groups is 1. The average Bonchev–Trinajstić information content (AvgIpc) is 2.45. The number of aromatic nitrogens is 2. The van der Waals surface area contributed by atoms with Gasteiger partial charge in [0.25, 0.3) is 0 Å². The van der Waals surface area contributed by atoms with Crippen LogP contribution in [0.5, 0.6) is 0 Å². The molecule has 0 saturated carbocycles. The maximum atomic E-state index is 4.24. The van der Waals surface area contributed by atoms with E-state index in [4.69, 9.17) is 0 Å². The van der Waals surface area contributed by atoms with Gasteiger partial charge in [0.1, 0.15) is 5.69 Å². The van der Waals surface area contributed by atoms with Gasteiger partial charge < -0.3 is 0 Å². The highest BCUT2D eigenvalue weighted by Crippen LogP contribution is 2.24. The minimum absolute atomic E-state index is 0.0491. The largest absolute Gasteiger partial charge is 0.261 e. The van der Waals surface area contributed by atoms with Crippen LogP contribution < -0.4 is 0 Å². The smallest absolute Gasteiger partial charge is 0.108 e. The van der Waals surface area contributed by atoms with Gasteiger partial charge in [0.05, 0.1) is 17.4 Å². The molecule has 0 aromatic carbocycles. The molecule has 0 amide bonds. The second-order valence-electron chi connectivity index (χ2n) is 3.86. The van der Waals surface area contributed by atoms with E-state index in [2.05, 4.69) is 44.2 Å². The SMILES string of the molecule is C=Cc1c(N=C)cnn1C(C)(C)C. The first-order valence-corrected chi connectivity index (χ1v) is 4.18. The fourth-order valence-electron chi connectivity index (χ4n) is 1.20. The Hall–Kier alpha value is -1.38. The van der Waals surface area contributed by atoms with E-state index in [1.54, 1.807) is 12.3 Å². The van der Waals surface area contributed by atoms with Gasteiger partial charge >= 0.3 is 0 Å². The molecule has 3 nitrogen and oxygen atoms in total. The van der Waals surface area contributed by atoms with Crippen LogP contribution in [0.2, 0.25) is 0 Å². The lowest BCUT2D eigenvalue weighted by atomic mass is 10.1. The zero-order valence-corrected chi connectivity index (χ0v) is 8.41. The molecule has 70 valence electrons. The summed E-state index contributed by atoms with van der Waals surface area (Å²) in [6, 6.07) is 0. The lowest BCUT2D eigenvalue weighted by Crippen LogP contribution is -2.24. The van der Waals surface area contributed by atoms with Crippen molar-refractivity contribution < 1.29 is 0 Å². The van der Waals surface area contributed by atoms with E-state index in [0.29, 0.717) is 0 Å². The molecule has 0 atom stereocenters. The summed E-state index contributed by atoms with van der Waals surface area (Å²) < 4.78 is 1.89. The van der Waals surface area contributed by atoms with Crippen LogP contribution in [-0.2, 0) is 5.54 Å². The maximum absolute atomic E-state index is 4.24. The molecule has 1 heterocycles. The summed E-state index contributed by atoms with van der Waals surface area (Å²) >= 11 is 0. The van der Waals surface area contributed by atoms with Crippen LogP contribution in [0.15, 0.2) is 17.8 Å². The van der Waals surface area contributed by atoms with Crippen LogP contribution in [-0.4, -0.2) is 16.5 Å². The Morgan fingerprint density at radius 2 is 2.15 bits per heavy atom. The first-order valence-electron chi connectivity index (χ1n) is 4.18. The minimum atomic E-state index is -0.0491. The summed E-state index contributed by atoms with van der Waals surface area (Å²) in [6.07, 6.45) is 3.46. The normalized spacial score (nSPS) is 11.3. The van der Waals surface area contributed by atoms with Crippen molar-refractivity contribution in [1.29, 1.82) is 0 Å². The molecule has 1 aromatic heterocycles. The zero-order chi connectivity index (χ0) is 10.1. The summed E-state index contributed by atoms with van der Waals surface area (Å²) in [4.78, 5) is 3.87. The van der Waals surface area contributed by atoms with Crippen LogP contribution in [0.1, 0.15) is 26.5 Å². The molecule has 1 aromatic rings. The van der Waals surface area contributed by atoms with Gasteiger partial charge in [-0.25, -0.2) is 0 Å². The second-order valence-corrected chi connectivity index (χ2v) is 3.86. The van der Waals surface area contributed by atoms with E-state index >= 15 is 0 Å². The monoisotopic (exact) mass is 177 g/mol. The summed E-state index contributed by atoms with van der Waals surface area (Å²) in [7, 11) is 0. The molecule has 0 aliphatic rings. The Bertz CT molecular complexity index is 328. The fraction of sp³-hybridized carbons (Fsp3) is 0.400. The molecule has 3 heteroatoms. The van der Waals surface area contributed by atoms with Crippen LogP contribution in [0.4, 0.5) is 5.69 Å². The predicted molar refractivity (Wildman–Crippen MR) is 56.5 cm³/mol. The average molecular weight is 177 g/mol. The third kappa shape index (κ3) is 1.69. The van der Waals surface area contributed by atoms with Gasteiger partial charge in [-0.3, -0.25) is 9.67 Å². The highest BCUT2D eigenvalue weighted by molar-refractivity contribution is 5.61. The predicted octanol–water partition coefficient (Wildman–Crippen LogP) is 2.61. The third-order valence-electron chi connectivity index (χ3n) is 1.79. The van der Waals surface area contributed by atoms with E-state index in [9.17, 15) is 0 Å². The van der Waals surface area contributed by atoms with Gasteiger partial charge in [-0.15, -0.1) is 0 Å². The molecule has 0 fully saturated rings. The van der Waals surface area contributed by atoms with Gasteiger partial charge in [-0.2, -0.15) is 5.10 Å². The van der Waals surface area contributed by atoms with E-state index in [1.165, 1.54) is 0 Å². The van der Waals surface area contributed by atoms with E-state index in [0.717, 1.165) is 11.4 Å². The molecule has 0 bridgehead atoms. The Kier molecular flexibility index (Phi) is 2.36. The molecule has 13 heavy (non-hydrogen) atoms. The Labute approximate surface area is 78.8 Å². The Balaban J connectivity index is 3.31. The van der Waals surface area contributed by atoms with E-state index in [1.807, 2.05) is 4.68 Å². The number of hydrogen-bond acceptors (Lipinski definition) is 2. The van der Waals surface area contributed by atoms with Gasteiger partial charge in [0.2, 0.25) is 0 Å². The van der Waals surface area contributed by atoms with Crippen LogP contribution in [0.25, 0.3) is 6.08 Å². The van der Waals surface area contributed by atoms with Crippen molar-refractivity contribution in [3.05, 3.63) is 18.5 Å². The van der Waals surface area contributed by atoms with Crippen molar-refractivity contribution in [2.24, 2.45) is 4.99 Å². The third-order valence-corrected chi connectivity index (χ3v) is 1.79. The van der Waals surface area contributed by atoms with Crippen molar-refractivity contribution in [3.63, 3.8) is 0 Å². The second kappa shape index (κ2) is 3.17. The van der Waals surface area contributed by atoms with Crippen molar-refractivity contribution in [1.82, 2.24) is 9.78 Å². The summed E-state index contributed by atoms with van der Waals surface area (Å²) in [5.74, 6) is 0. The van der Waals surface area contributed by atoms with Gasteiger partial charge in [-0.1, -0.05) is 6.58 Å². The van der Waals surface area contributed by atoms with Crippen molar-refractivity contribution in [3.8, 4) is 0 Å². The molecular weight excluding hydrogens is 162 g/mol. The number of hydrogen-bond donors (Lipinski definition) is 0. The van der Waals surface area contributed by atoms with Crippen LogP contribution in [0, 0.1) is 0 Å². The van der Waals surface area contributed by atoms with Gasteiger partial charge in [0.15, 0.2) is 0 Å². The molecule has 0 radical (unpaired) electrons. The standard InChI is InChI=1S/C10H15N3/c1-6-9-8(11-5)7-12-13(9)10(2,3)4/h6-7H,1,5H2,2-4H3. The molecule has 0 aliphatic heterocycles. The summed E-state index contributed by atoms with van der Waals surface area (Å²) in [5.41, 5.74) is 1.65. The van der Waals surface area contributed by atoms with E-state index < -0.39 is 0 Å². The van der Waals surface area contributed by atoms with Crippen molar-refractivity contribution >= 4 is 18.5 Å². The lowest BCUT2D eigenvalue weighted by molar-refractivity contribution is 0.353. The minimum Gasteiger partial charge on any atom is -0.261 e. The molecule has 0 spiro atoms. The van der Waals surface area contributed by atoms with Gasteiger partial charge in [0, 0.05) is 0 Å². The van der Waals surface area contributed by atoms with Crippen molar-refractivity contribution in [2.75, 3.05) is 0 Å². The highest BCUT2D eigenvalue weighted by Gasteiger charge is 2.18. The molecular formula is C10H15N3. The lowest BCUT2D eigenvalue weighted by Gasteiger charge is -2.21. The highest BCUT2D eigenvalue weighted by atomic mass is 15.3. The molecule has 0 saturated heterocycles. The number of rotatable bonds is 2. The maximum Gasteiger partial charge on any atom is 0.108 e. The van der Waals surface area contributed by atoms with E-state index in [-0.39, 0.29) is 5.54 Å². The van der Waals surface area contributed by atoms with Crippen molar-refractivity contribution in [2.45, 2.75) is 26.3 Å². The Morgan fingerprint density at radius 1 is 1.54 bits per heavy atom. The molecule has 0 aliphatic carbocycles. The summed E-state index contributed by atoms with van der Waals surface area (Å²) in [5, 5.41) is 4.24. The fourth-order valence-corrected chi connectivity index (χ4v) is 1.20. The van der Waals surface area contributed by atoms with Crippen LogP contribution >= 0.6 is 0 Å². The summed E-state index contributed by atoms with van der Waals surface area (Å²) in [6.45, 7) is 13.5. The molecule has 1 rings (SSSR count). The quantitative estimate of drug-likeness (QED) is 0.639. The first-order chi connectivity index (χ1) is 6.00. The first kappa shape index (κ1) is 9.71. The molecule has 0 unspecified atom stereocenters. The van der Waals surface area contributed by atoms with Gasteiger partial charge in [-0.05, 0) is 33.6 Å². The zero-order valence-electron chi connectivity index (χ0n) is 8.41. The topological polar surface area (TPSA) is 30.2 Å².